The molecule has 0 radical (unpaired) electrons. The van der Waals surface area contributed by atoms with Crippen LogP contribution in [0.5, 0.6) is 0 Å². The molecule has 0 aliphatic heterocycles. The van der Waals surface area contributed by atoms with E-state index in [4.69, 9.17) is 0 Å². The Hall–Kier alpha value is -2.92. The highest BCUT2D eigenvalue weighted by molar-refractivity contribution is 7.91. The lowest BCUT2D eigenvalue weighted by molar-refractivity contribution is -0.137. The quantitative estimate of drug-likeness (QED) is 0.552. The van der Waals surface area contributed by atoms with Crippen molar-refractivity contribution in [1.82, 2.24) is 15.5 Å². The third-order valence-corrected chi connectivity index (χ3v) is 8.23. The smallest absolute Gasteiger partial charge is 0.352 e. The van der Waals surface area contributed by atoms with Crippen molar-refractivity contribution in [2.75, 3.05) is 26.4 Å². The molecule has 11 heteroatoms. The van der Waals surface area contributed by atoms with Crippen LogP contribution in [-0.4, -0.2) is 63.6 Å². The Kier molecular flexibility index (Phi) is 8.78. The summed E-state index contributed by atoms with van der Waals surface area (Å²) in [4.78, 5) is 27.0. The van der Waals surface area contributed by atoms with Gasteiger partial charge < -0.3 is 15.5 Å². The molecule has 1 aliphatic carbocycles. The van der Waals surface area contributed by atoms with E-state index in [0.29, 0.717) is 19.3 Å². The van der Waals surface area contributed by atoms with E-state index in [1.54, 1.807) is 30.3 Å². The van der Waals surface area contributed by atoms with Crippen LogP contribution >= 0.6 is 0 Å². The second-order valence-corrected chi connectivity index (χ2v) is 11.3. The summed E-state index contributed by atoms with van der Waals surface area (Å²) in [7, 11) is 0.275. The zero-order valence-electron chi connectivity index (χ0n) is 20.1. The molecule has 1 aliphatic rings. The number of nitrogens with one attached hydrogen (secondary N) is 2. The molecule has 36 heavy (non-hydrogen) atoms. The lowest BCUT2D eigenvalue weighted by atomic mass is 9.82. The molecular weight excluding hydrogens is 495 g/mol. The molecule has 0 bridgehead atoms. The van der Waals surface area contributed by atoms with Gasteiger partial charge in [0, 0.05) is 17.6 Å². The van der Waals surface area contributed by atoms with Gasteiger partial charge in [-0.25, -0.2) is 8.42 Å². The van der Waals surface area contributed by atoms with Gasteiger partial charge in [0.25, 0.3) is 5.91 Å². The van der Waals surface area contributed by atoms with E-state index < -0.39 is 39.9 Å². The first-order valence-corrected chi connectivity index (χ1v) is 13.2. The molecular formula is C25H30F3N3O4S. The Labute approximate surface area is 209 Å². The molecule has 7 nitrogen and oxygen atoms in total. The molecule has 0 spiro atoms. The van der Waals surface area contributed by atoms with E-state index in [-0.39, 0.29) is 34.2 Å². The van der Waals surface area contributed by atoms with Crippen molar-refractivity contribution in [3.8, 4) is 0 Å². The van der Waals surface area contributed by atoms with Crippen molar-refractivity contribution < 1.29 is 31.2 Å². The predicted octanol–water partition coefficient (Wildman–Crippen LogP) is 3.12. The van der Waals surface area contributed by atoms with E-state index in [2.05, 4.69) is 10.6 Å². The number of hydrogen-bond acceptors (Lipinski definition) is 5. The molecule has 0 unspecified atom stereocenters. The minimum absolute atomic E-state index is 0.0252. The van der Waals surface area contributed by atoms with E-state index in [0.717, 1.165) is 18.2 Å². The van der Waals surface area contributed by atoms with Crippen LogP contribution in [0.15, 0.2) is 59.5 Å². The third kappa shape index (κ3) is 7.30. The molecule has 2 aromatic rings. The molecule has 2 N–H and O–H groups in total. The zero-order chi connectivity index (χ0) is 26.5. The average molecular weight is 526 g/mol. The fourth-order valence-electron chi connectivity index (χ4n) is 4.62. The SMILES string of the molecule is CN(C)[C@@H]1CC[C@H](NC(=O)CNC(=O)c2cccc(C(F)(F)F)c2)C[C@@H]1CS(=O)(=O)c1ccccc1. The summed E-state index contributed by atoms with van der Waals surface area (Å²) in [5, 5.41) is 5.17. The molecule has 1 fully saturated rings. The van der Waals surface area contributed by atoms with Crippen LogP contribution in [0.2, 0.25) is 0 Å². The van der Waals surface area contributed by atoms with Gasteiger partial charge in [-0.3, -0.25) is 9.59 Å². The first-order valence-electron chi connectivity index (χ1n) is 11.6. The molecule has 3 rings (SSSR count). The van der Waals surface area contributed by atoms with Crippen molar-refractivity contribution in [2.45, 2.75) is 42.4 Å². The lowest BCUT2D eigenvalue weighted by Crippen LogP contribution is -2.50. The van der Waals surface area contributed by atoms with E-state index in [1.807, 2.05) is 19.0 Å². The van der Waals surface area contributed by atoms with Crippen molar-refractivity contribution in [2.24, 2.45) is 5.92 Å². The Morgan fingerprint density at radius 3 is 2.36 bits per heavy atom. The van der Waals surface area contributed by atoms with Gasteiger partial charge in [0.05, 0.1) is 22.8 Å². The molecule has 2 aromatic carbocycles. The Balaban J connectivity index is 1.59. The minimum Gasteiger partial charge on any atom is -0.352 e. The first-order chi connectivity index (χ1) is 16.9. The Morgan fingerprint density at radius 2 is 1.72 bits per heavy atom. The van der Waals surface area contributed by atoms with Crippen molar-refractivity contribution in [3.63, 3.8) is 0 Å². The number of amides is 2. The predicted molar refractivity (Wildman–Crippen MR) is 129 cm³/mol. The van der Waals surface area contributed by atoms with Crippen molar-refractivity contribution >= 4 is 21.7 Å². The van der Waals surface area contributed by atoms with Gasteiger partial charge in [-0.05, 0) is 69.6 Å². The highest BCUT2D eigenvalue weighted by Gasteiger charge is 2.36. The van der Waals surface area contributed by atoms with Crippen LogP contribution in [0.4, 0.5) is 13.2 Å². The standard InChI is InChI=1S/C25H30F3N3O4S/c1-31(2)22-12-11-20(14-18(22)16-36(34,35)21-9-4-3-5-10-21)30-23(32)15-29-24(33)17-7-6-8-19(13-17)25(26,27)28/h3-10,13,18,20,22H,11-12,14-16H2,1-2H3,(H,29,33)(H,30,32)/t18-,20+,22-/m1/s1. The van der Waals surface area contributed by atoms with Gasteiger partial charge in [-0.15, -0.1) is 0 Å². The minimum atomic E-state index is -4.58. The van der Waals surface area contributed by atoms with Gasteiger partial charge in [-0.2, -0.15) is 13.2 Å². The van der Waals surface area contributed by atoms with Gasteiger partial charge in [0.2, 0.25) is 5.91 Å². The van der Waals surface area contributed by atoms with Crippen LogP contribution in [0.1, 0.15) is 35.2 Å². The molecule has 0 aromatic heterocycles. The van der Waals surface area contributed by atoms with E-state index in [1.165, 1.54) is 6.07 Å². The highest BCUT2D eigenvalue weighted by atomic mass is 32.2. The lowest BCUT2D eigenvalue weighted by Gasteiger charge is -2.39. The zero-order valence-corrected chi connectivity index (χ0v) is 20.9. The topological polar surface area (TPSA) is 95.6 Å². The fourth-order valence-corrected chi connectivity index (χ4v) is 6.31. The summed E-state index contributed by atoms with van der Waals surface area (Å²) >= 11 is 0. The highest BCUT2D eigenvalue weighted by Crippen LogP contribution is 2.31. The summed E-state index contributed by atoms with van der Waals surface area (Å²) in [5.74, 6) is -1.56. The van der Waals surface area contributed by atoms with Crippen LogP contribution in [0, 0.1) is 5.92 Å². The fraction of sp³-hybridized carbons (Fsp3) is 0.440. The number of rotatable bonds is 8. The first kappa shape index (κ1) is 27.7. The maximum absolute atomic E-state index is 13.0. The van der Waals surface area contributed by atoms with E-state index >= 15 is 0 Å². The number of hydrogen-bond donors (Lipinski definition) is 2. The number of carbonyl (C=O) groups is 2. The number of carbonyl (C=O) groups excluding carboxylic acids is 2. The maximum Gasteiger partial charge on any atom is 0.416 e. The van der Waals surface area contributed by atoms with Crippen LogP contribution < -0.4 is 10.6 Å². The maximum atomic E-state index is 13.0. The summed E-state index contributed by atoms with van der Waals surface area (Å²) in [6.07, 6.45) is -2.81. The molecule has 0 heterocycles. The second-order valence-electron chi connectivity index (χ2n) is 9.22. The molecule has 3 atom stereocenters. The number of sulfone groups is 1. The number of alkyl halides is 3. The third-order valence-electron chi connectivity index (χ3n) is 6.37. The molecule has 0 saturated heterocycles. The molecule has 196 valence electrons. The van der Waals surface area contributed by atoms with Crippen LogP contribution in [0.25, 0.3) is 0 Å². The largest absolute Gasteiger partial charge is 0.416 e. The molecule has 1 saturated carbocycles. The Bertz CT molecular complexity index is 1170. The van der Waals surface area contributed by atoms with Gasteiger partial charge in [0.15, 0.2) is 9.84 Å². The van der Waals surface area contributed by atoms with Crippen molar-refractivity contribution in [1.29, 1.82) is 0 Å². The average Bonchev–Trinajstić information content (AvgIpc) is 2.82. The Morgan fingerprint density at radius 1 is 1.03 bits per heavy atom. The van der Waals surface area contributed by atoms with Crippen LogP contribution in [0.3, 0.4) is 0 Å². The monoisotopic (exact) mass is 525 g/mol. The van der Waals surface area contributed by atoms with Gasteiger partial charge in [-0.1, -0.05) is 24.3 Å². The summed E-state index contributed by atoms with van der Waals surface area (Å²) in [5.41, 5.74) is -1.15. The van der Waals surface area contributed by atoms with E-state index in [9.17, 15) is 31.2 Å². The van der Waals surface area contributed by atoms with Gasteiger partial charge >= 0.3 is 6.18 Å². The van der Waals surface area contributed by atoms with Crippen LogP contribution in [-0.2, 0) is 20.8 Å². The normalized spacial score (nSPS) is 20.7. The van der Waals surface area contributed by atoms with Crippen molar-refractivity contribution in [3.05, 3.63) is 65.7 Å². The summed E-state index contributed by atoms with van der Waals surface area (Å²) in [6.45, 7) is -0.407. The number of benzene rings is 2. The second kappa shape index (κ2) is 11.4. The number of halogens is 3. The van der Waals surface area contributed by atoms with Gasteiger partial charge in [0.1, 0.15) is 0 Å². The number of nitrogens with zero attached hydrogens (tertiary/aromatic N) is 1. The summed E-state index contributed by atoms with van der Waals surface area (Å²) < 4.78 is 64.6. The molecule has 2 amide bonds. The summed E-state index contributed by atoms with van der Waals surface area (Å²) in [6, 6.07) is 11.9.